The molecule has 0 saturated heterocycles. The molecule has 0 aromatic rings. The van der Waals surface area contributed by atoms with Gasteiger partial charge in [0.25, 0.3) is 0 Å². The first-order valence-electron chi connectivity index (χ1n) is 8.27. The van der Waals surface area contributed by atoms with E-state index in [9.17, 15) is 0 Å². The number of allylic oxidation sites excluding steroid dienone is 3. The van der Waals surface area contributed by atoms with Crippen molar-refractivity contribution >= 4 is 0 Å². The van der Waals surface area contributed by atoms with Crippen molar-refractivity contribution in [2.24, 2.45) is 11.3 Å². The summed E-state index contributed by atoms with van der Waals surface area (Å²) in [6.45, 7) is 15.6. The predicted molar refractivity (Wildman–Crippen MR) is 89.5 cm³/mol. The zero-order valence-corrected chi connectivity index (χ0v) is 14.1. The van der Waals surface area contributed by atoms with E-state index in [1.54, 1.807) is 0 Å². The third-order valence-corrected chi connectivity index (χ3v) is 4.35. The van der Waals surface area contributed by atoms with E-state index in [4.69, 9.17) is 0 Å². The van der Waals surface area contributed by atoms with E-state index in [1.807, 2.05) is 0 Å². The van der Waals surface area contributed by atoms with Crippen LogP contribution in [0.4, 0.5) is 0 Å². The third-order valence-electron chi connectivity index (χ3n) is 4.35. The summed E-state index contributed by atoms with van der Waals surface area (Å²) in [4.78, 5) is 0. The molecule has 0 aliphatic rings. The Labute approximate surface area is 122 Å². The molecule has 0 saturated carbocycles. The minimum Gasteiger partial charge on any atom is -0.102 e. The van der Waals surface area contributed by atoms with Crippen molar-refractivity contribution in [1.29, 1.82) is 0 Å². The first-order chi connectivity index (χ1) is 8.96. The first kappa shape index (κ1) is 18.5. The second-order valence-electron chi connectivity index (χ2n) is 6.64. The second kappa shape index (κ2) is 10.3. The lowest BCUT2D eigenvalue weighted by atomic mass is 9.78. The van der Waals surface area contributed by atoms with Crippen LogP contribution in [0.25, 0.3) is 0 Å². The number of hydrogen-bond donors (Lipinski definition) is 0. The molecule has 0 heterocycles. The molecule has 0 amide bonds. The molecule has 0 N–H and O–H groups in total. The van der Waals surface area contributed by atoms with Gasteiger partial charge in [-0.15, -0.1) is 6.58 Å². The van der Waals surface area contributed by atoms with Crippen LogP contribution in [0.15, 0.2) is 24.3 Å². The predicted octanol–water partition coefficient (Wildman–Crippen LogP) is 6.92. The third kappa shape index (κ3) is 8.29. The lowest BCUT2D eigenvalue weighted by Crippen LogP contribution is -2.14. The lowest BCUT2D eigenvalue weighted by Gasteiger charge is -2.27. The Bertz CT molecular complexity index is 259. The summed E-state index contributed by atoms with van der Waals surface area (Å²) < 4.78 is 0. The van der Waals surface area contributed by atoms with Gasteiger partial charge in [-0.2, -0.15) is 0 Å². The highest BCUT2D eigenvalue weighted by atomic mass is 14.3. The maximum atomic E-state index is 4.07. The van der Waals surface area contributed by atoms with Gasteiger partial charge >= 0.3 is 0 Å². The quantitative estimate of drug-likeness (QED) is 0.280. The molecule has 0 nitrogen and oxygen atoms in total. The molecule has 0 rings (SSSR count). The van der Waals surface area contributed by atoms with E-state index in [1.165, 1.54) is 56.9 Å². The zero-order chi connectivity index (χ0) is 14.7. The van der Waals surface area contributed by atoms with Gasteiger partial charge < -0.3 is 0 Å². The highest BCUT2D eigenvalue weighted by molar-refractivity contribution is 5.17. The van der Waals surface area contributed by atoms with Gasteiger partial charge in [-0.1, -0.05) is 77.5 Å². The van der Waals surface area contributed by atoms with Crippen molar-refractivity contribution in [3.05, 3.63) is 24.3 Å². The molecular weight excluding hydrogens is 228 g/mol. The van der Waals surface area contributed by atoms with Gasteiger partial charge in [-0.3, -0.25) is 0 Å². The van der Waals surface area contributed by atoms with Gasteiger partial charge in [-0.05, 0) is 32.1 Å². The van der Waals surface area contributed by atoms with Gasteiger partial charge in [-0.25, -0.2) is 0 Å². The molecule has 0 aromatic heterocycles. The van der Waals surface area contributed by atoms with Crippen LogP contribution in [-0.2, 0) is 0 Å². The standard InChI is InChI=1S/C19H36/c1-7-9-10-11-12-16-19(6,8-2)18(5)15-13-14-17(3)4/h8,15,17H,2,7,9-14,16H2,1,3-6H3. The van der Waals surface area contributed by atoms with E-state index in [-0.39, 0.29) is 5.41 Å². The maximum absolute atomic E-state index is 4.07. The largest absolute Gasteiger partial charge is 0.102 e. The fraction of sp³-hybridized carbons (Fsp3) is 0.789. The molecule has 0 radical (unpaired) electrons. The molecule has 0 aliphatic carbocycles. The van der Waals surface area contributed by atoms with E-state index in [2.05, 4.69) is 53.3 Å². The Morgan fingerprint density at radius 3 is 2.32 bits per heavy atom. The van der Waals surface area contributed by atoms with Crippen LogP contribution in [0.1, 0.15) is 86.0 Å². The summed E-state index contributed by atoms with van der Waals surface area (Å²) >= 11 is 0. The van der Waals surface area contributed by atoms with Crippen LogP contribution >= 0.6 is 0 Å². The van der Waals surface area contributed by atoms with Gasteiger partial charge in [0.05, 0.1) is 0 Å². The Balaban J connectivity index is 4.21. The molecule has 0 aromatic carbocycles. The maximum Gasteiger partial charge on any atom is 0.00570 e. The minimum absolute atomic E-state index is 0.212. The van der Waals surface area contributed by atoms with Crippen molar-refractivity contribution in [3.63, 3.8) is 0 Å². The Kier molecular flexibility index (Phi) is 10.0. The van der Waals surface area contributed by atoms with E-state index in [0.717, 1.165) is 5.92 Å². The second-order valence-corrected chi connectivity index (χ2v) is 6.64. The summed E-state index contributed by atoms with van der Waals surface area (Å²) in [6.07, 6.45) is 15.2. The van der Waals surface area contributed by atoms with Crippen molar-refractivity contribution in [3.8, 4) is 0 Å². The Hall–Kier alpha value is -0.520. The van der Waals surface area contributed by atoms with E-state index >= 15 is 0 Å². The van der Waals surface area contributed by atoms with Gasteiger partial charge in [0.15, 0.2) is 0 Å². The Morgan fingerprint density at radius 2 is 1.79 bits per heavy atom. The smallest absolute Gasteiger partial charge is 0.00570 e. The minimum atomic E-state index is 0.212. The summed E-state index contributed by atoms with van der Waals surface area (Å²) in [5, 5.41) is 0. The van der Waals surface area contributed by atoms with Crippen LogP contribution in [0.5, 0.6) is 0 Å². The van der Waals surface area contributed by atoms with Crippen LogP contribution < -0.4 is 0 Å². The topological polar surface area (TPSA) is 0 Å². The van der Waals surface area contributed by atoms with Crippen molar-refractivity contribution in [2.75, 3.05) is 0 Å². The van der Waals surface area contributed by atoms with Crippen LogP contribution in [0.3, 0.4) is 0 Å². The van der Waals surface area contributed by atoms with Crippen molar-refractivity contribution in [2.45, 2.75) is 86.0 Å². The molecular formula is C19H36. The number of rotatable bonds is 11. The summed E-state index contributed by atoms with van der Waals surface area (Å²) in [7, 11) is 0. The normalized spacial score (nSPS) is 15.6. The lowest BCUT2D eigenvalue weighted by molar-refractivity contribution is 0.432. The van der Waals surface area contributed by atoms with E-state index < -0.39 is 0 Å². The van der Waals surface area contributed by atoms with Crippen LogP contribution in [0, 0.1) is 11.3 Å². The van der Waals surface area contributed by atoms with Crippen LogP contribution in [0.2, 0.25) is 0 Å². The molecule has 19 heavy (non-hydrogen) atoms. The number of hydrogen-bond acceptors (Lipinski definition) is 0. The molecule has 112 valence electrons. The van der Waals surface area contributed by atoms with E-state index in [0.29, 0.717) is 0 Å². The summed E-state index contributed by atoms with van der Waals surface area (Å²) in [5.41, 5.74) is 1.72. The van der Waals surface area contributed by atoms with Crippen molar-refractivity contribution < 1.29 is 0 Å². The number of unbranched alkanes of at least 4 members (excludes halogenated alkanes) is 4. The van der Waals surface area contributed by atoms with Gasteiger partial charge in [0, 0.05) is 5.41 Å². The average molecular weight is 264 g/mol. The molecule has 0 bridgehead atoms. The fourth-order valence-electron chi connectivity index (χ4n) is 2.42. The highest BCUT2D eigenvalue weighted by Crippen LogP contribution is 2.34. The van der Waals surface area contributed by atoms with Gasteiger partial charge in [0.2, 0.25) is 0 Å². The summed E-state index contributed by atoms with van der Waals surface area (Å²) in [5.74, 6) is 0.799. The van der Waals surface area contributed by atoms with Crippen molar-refractivity contribution in [1.82, 2.24) is 0 Å². The van der Waals surface area contributed by atoms with Gasteiger partial charge in [0.1, 0.15) is 0 Å². The molecule has 0 spiro atoms. The SMILES string of the molecule is C=CC(C)(CCCCCCC)C(C)=CCCC(C)C. The fourth-order valence-corrected chi connectivity index (χ4v) is 2.42. The average Bonchev–Trinajstić information content (AvgIpc) is 2.37. The Morgan fingerprint density at radius 1 is 1.16 bits per heavy atom. The zero-order valence-electron chi connectivity index (χ0n) is 14.1. The summed E-state index contributed by atoms with van der Waals surface area (Å²) in [6, 6.07) is 0. The molecule has 0 fully saturated rings. The monoisotopic (exact) mass is 264 g/mol. The molecule has 1 unspecified atom stereocenters. The molecule has 0 heteroatoms. The highest BCUT2D eigenvalue weighted by Gasteiger charge is 2.21. The first-order valence-corrected chi connectivity index (χ1v) is 8.27. The molecule has 0 aliphatic heterocycles. The molecule has 1 atom stereocenters. The van der Waals surface area contributed by atoms with Crippen LogP contribution in [-0.4, -0.2) is 0 Å².